The normalized spacial score (nSPS) is 10.5. The number of pyridine rings is 1. The molecule has 0 aliphatic heterocycles. The van der Waals surface area contributed by atoms with Crippen molar-refractivity contribution in [2.45, 2.75) is 0 Å². The molecule has 2 aromatic rings. The minimum Gasteiger partial charge on any atom is -0.478 e. The topological polar surface area (TPSA) is 102 Å². The lowest BCUT2D eigenvalue weighted by atomic mass is 10.2. The van der Waals surface area contributed by atoms with Gasteiger partial charge in [0.25, 0.3) is 5.71 Å². The molecule has 2 heterocycles. The van der Waals surface area contributed by atoms with Gasteiger partial charge in [-0.1, -0.05) is 5.16 Å². The van der Waals surface area contributed by atoms with Gasteiger partial charge in [-0.2, -0.15) is 0 Å². The molecule has 0 aliphatic rings. The molecule has 66 valence electrons. The van der Waals surface area contributed by atoms with Crippen LogP contribution in [-0.2, 0) is 0 Å². The smallest absolute Gasteiger partial charge is 0.339 e. The van der Waals surface area contributed by atoms with E-state index in [4.69, 9.17) is 15.4 Å². The highest BCUT2D eigenvalue weighted by Gasteiger charge is 2.13. The molecular formula is C7H5N3O3. The fourth-order valence-electron chi connectivity index (χ4n) is 1.02. The van der Waals surface area contributed by atoms with Crippen LogP contribution in [0.3, 0.4) is 0 Å². The van der Waals surface area contributed by atoms with Gasteiger partial charge >= 0.3 is 5.97 Å². The highest BCUT2D eigenvalue weighted by Crippen LogP contribution is 2.21. The number of carboxylic acid groups (broad SMARTS) is 1. The van der Waals surface area contributed by atoms with Gasteiger partial charge < -0.3 is 15.4 Å². The Hall–Kier alpha value is -2.11. The molecule has 0 aromatic carbocycles. The van der Waals surface area contributed by atoms with Crippen molar-refractivity contribution in [3.8, 4) is 0 Å². The predicted molar refractivity (Wildman–Crippen MR) is 43.2 cm³/mol. The van der Waals surface area contributed by atoms with E-state index >= 15 is 0 Å². The van der Waals surface area contributed by atoms with Crippen molar-refractivity contribution >= 4 is 22.8 Å². The van der Waals surface area contributed by atoms with Crippen LogP contribution in [0, 0.1) is 0 Å². The molecule has 0 radical (unpaired) electrons. The summed E-state index contributed by atoms with van der Waals surface area (Å²) in [6.07, 6.45) is 2.48. The number of anilines is 1. The van der Waals surface area contributed by atoms with E-state index < -0.39 is 5.97 Å². The average Bonchev–Trinajstić information content (AvgIpc) is 2.52. The fraction of sp³-hybridized carbons (Fsp3) is 0. The van der Waals surface area contributed by atoms with Gasteiger partial charge in [0.15, 0.2) is 0 Å². The summed E-state index contributed by atoms with van der Waals surface area (Å²) < 4.78 is 4.70. The monoisotopic (exact) mass is 179 g/mol. The summed E-state index contributed by atoms with van der Waals surface area (Å²) in [5.74, 6) is -1.12. The maximum absolute atomic E-state index is 10.6. The largest absolute Gasteiger partial charge is 0.478 e. The van der Waals surface area contributed by atoms with Gasteiger partial charge in [-0.3, -0.25) is 0 Å². The van der Waals surface area contributed by atoms with E-state index in [1.165, 1.54) is 6.20 Å². The third-order valence-electron chi connectivity index (χ3n) is 1.67. The van der Waals surface area contributed by atoms with E-state index in [0.717, 1.165) is 6.20 Å². The molecule has 2 rings (SSSR count). The highest BCUT2D eigenvalue weighted by molar-refractivity contribution is 6.01. The summed E-state index contributed by atoms with van der Waals surface area (Å²) in [6, 6.07) is 0. The van der Waals surface area contributed by atoms with Crippen molar-refractivity contribution in [2.75, 3.05) is 5.73 Å². The van der Waals surface area contributed by atoms with E-state index in [2.05, 4.69) is 10.1 Å². The summed E-state index contributed by atoms with van der Waals surface area (Å²) in [4.78, 5) is 14.3. The Balaban J connectivity index is 2.80. The van der Waals surface area contributed by atoms with Crippen LogP contribution < -0.4 is 5.73 Å². The van der Waals surface area contributed by atoms with E-state index in [1.807, 2.05) is 0 Å². The molecule has 0 bridgehead atoms. The average molecular weight is 179 g/mol. The summed E-state index contributed by atoms with van der Waals surface area (Å²) in [6.45, 7) is 0. The van der Waals surface area contributed by atoms with Crippen molar-refractivity contribution in [1.29, 1.82) is 0 Å². The molecule has 0 atom stereocenters. The SMILES string of the molecule is Nc1c(C(=O)O)cnc2oncc12. The molecule has 0 amide bonds. The first-order chi connectivity index (χ1) is 6.20. The van der Waals surface area contributed by atoms with Crippen LogP contribution in [0.1, 0.15) is 10.4 Å². The molecule has 0 aliphatic carbocycles. The number of carbonyl (C=O) groups is 1. The van der Waals surface area contributed by atoms with Crippen molar-refractivity contribution in [2.24, 2.45) is 0 Å². The quantitative estimate of drug-likeness (QED) is 0.660. The minimum absolute atomic E-state index is 0.0456. The van der Waals surface area contributed by atoms with Gasteiger partial charge in [0.2, 0.25) is 0 Å². The lowest BCUT2D eigenvalue weighted by molar-refractivity contribution is 0.0698. The lowest BCUT2D eigenvalue weighted by Crippen LogP contribution is -2.03. The van der Waals surface area contributed by atoms with Crippen LogP contribution in [0.2, 0.25) is 0 Å². The first-order valence-corrected chi connectivity index (χ1v) is 3.42. The second-order valence-corrected chi connectivity index (χ2v) is 2.44. The highest BCUT2D eigenvalue weighted by atomic mass is 16.5. The van der Waals surface area contributed by atoms with Crippen LogP contribution >= 0.6 is 0 Å². The van der Waals surface area contributed by atoms with Gasteiger partial charge in [0.05, 0.1) is 17.3 Å². The zero-order chi connectivity index (χ0) is 9.42. The molecule has 0 saturated carbocycles. The summed E-state index contributed by atoms with van der Waals surface area (Å²) in [5, 5.41) is 12.6. The maximum Gasteiger partial charge on any atom is 0.339 e. The van der Waals surface area contributed by atoms with Crippen molar-refractivity contribution in [1.82, 2.24) is 10.1 Å². The number of fused-ring (bicyclic) bond motifs is 1. The maximum atomic E-state index is 10.6. The second kappa shape index (κ2) is 2.44. The lowest BCUT2D eigenvalue weighted by Gasteiger charge is -1.98. The number of aromatic nitrogens is 2. The van der Waals surface area contributed by atoms with Crippen LogP contribution in [0.15, 0.2) is 16.9 Å². The Morgan fingerprint density at radius 1 is 1.54 bits per heavy atom. The molecule has 6 heteroatoms. The molecule has 0 fully saturated rings. The molecule has 0 unspecified atom stereocenters. The van der Waals surface area contributed by atoms with Crippen LogP contribution in [0.25, 0.3) is 11.1 Å². The van der Waals surface area contributed by atoms with Crippen LogP contribution in [0.4, 0.5) is 5.69 Å². The van der Waals surface area contributed by atoms with Gasteiger partial charge in [-0.25, -0.2) is 9.78 Å². The fourth-order valence-corrected chi connectivity index (χ4v) is 1.02. The van der Waals surface area contributed by atoms with E-state index in [1.54, 1.807) is 0 Å². The Morgan fingerprint density at radius 3 is 3.00 bits per heavy atom. The third kappa shape index (κ3) is 0.994. The second-order valence-electron chi connectivity index (χ2n) is 2.44. The van der Waals surface area contributed by atoms with Crippen molar-refractivity contribution in [3.05, 3.63) is 18.0 Å². The predicted octanol–water partition coefficient (Wildman–Crippen LogP) is 0.503. The summed E-state index contributed by atoms with van der Waals surface area (Å²) >= 11 is 0. The number of aromatic carboxylic acids is 1. The number of hydrogen-bond acceptors (Lipinski definition) is 5. The number of nitrogens with zero attached hydrogens (tertiary/aromatic N) is 2. The zero-order valence-electron chi connectivity index (χ0n) is 6.39. The number of hydrogen-bond donors (Lipinski definition) is 2. The summed E-state index contributed by atoms with van der Waals surface area (Å²) in [7, 11) is 0. The zero-order valence-corrected chi connectivity index (χ0v) is 6.39. The molecule has 13 heavy (non-hydrogen) atoms. The summed E-state index contributed by atoms with van der Waals surface area (Å²) in [5.41, 5.74) is 5.86. The van der Waals surface area contributed by atoms with Gasteiger partial charge in [0, 0.05) is 6.20 Å². The van der Waals surface area contributed by atoms with Gasteiger partial charge in [0.1, 0.15) is 5.56 Å². The van der Waals surface area contributed by atoms with Crippen LogP contribution in [0.5, 0.6) is 0 Å². The Kier molecular flexibility index (Phi) is 1.42. The molecule has 6 nitrogen and oxygen atoms in total. The first-order valence-electron chi connectivity index (χ1n) is 3.42. The molecule has 2 aromatic heterocycles. The van der Waals surface area contributed by atoms with Crippen molar-refractivity contribution < 1.29 is 14.4 Å². The Labute approximate surface area is 72.0 Å². The Morgan fingerprint density at radius 2 is 2.31 bits per heavy atom. The van der Waals surface area contributed by atoms with Gasteiger partial charge in [-0.15, -0.1) is 0 Å². The standard InChI is InChI=1S/C7H5N3O3/c8-5-3-2-10-13-6(3)9-1-4(5)7(11)12/h1-2H,(H2,8,9)(H,11,12). The van der Waals surface area contributed by atoms with Gasteiger partial charge in [-0.05, 0) is 0 Å². The number of nitrogen functional groups attached to an aromatic ring is 1. The minimum atomic E-state index is -1.12. The molecule has 3 N–H and O–H groups in total. The molecule has 0 saturated heterocycles. The van der Waals surface area contributed by atoms with Crippen molar-refractivity contribution in [3.63, 3.8) is 0 Å². The van der Waals surface area contributed by atoms with E-state index in [9.17, 15) is 4.79 Å². The first kappa shape index (κ1) is 7.53. The van der Waals surface area contributed by atoms with Crippen LogP contribution in [-0.4, -0.2) is 21.2 Å². The number of rotatable bonds is 1. The third-order valence-corrected chi connectivity index (χ3v) is 1.67. The number of carboxylic acids is 1. The van der Waals surface area contributed by atoms with E-state index in [0.29, 0.717) is 5.39 Å². The molecular weight excluding hydrogens is 174 g/mol. The number of nitrogens with two attached hydrogens (primary N) is 1. The molecule has 0 spiro atoms. The van der Waals surface area contributed by atoms with E-state index in [-0.39, 0.29) is 17.0 Å². The Bertz CT molecular complexity index is 477.